The zero-order valence-corrected chi connectivity index (χ0v) is 9.74. The Bertz CT molecular complexity index is 528. The van der Waals surface area contributed by atoms with Crippen LogP contribution < -0.4 is 5.32 Å². The van der Waals surface area contributed by atoms with Gasteiger partial charge in [0.2, 0.25) is 5.95 Å². The molecular formula is C12H13FN4. The Kier molecular flexibility index (Phi) is 3.27. The maximum atomic E-state index is 13.6. The van der Waals surface area contributed by atoms with Crippen molar-refractivity contribution >= 4 is 5.95 Å². The maximum absolute atomic E-state index is 13.6. The van der Waals surface area contributed by atoms with Crippen molar-refractivity contribution in [2.45, 2.75) is 13.8 Å². The van der Waals surface area contributed by atoms with Crippen molar-refractivity contribution < 1.29 is 4.39 Å². The van der Waals surface area contributed by atoms with E-state index >= 15 is 0 Å². The topological polar surface area (TPSA) is 50.7 Å². The first-order valence-corrected chi connectivity index (χ1v) is 5.39. The van der Waals surface area contributed by atoms with Crippen LogP contribution in [-0.4, -0.2) is 21.5 Å². The average Bonchev–Trinajstić information content (AvgIpc) is 2.32. The molecule has 4 nitrogen and oxygen atoms in total. The second kappa shape index (κ2) is 4.86. The van der Waals surface area contributed by atoms with E-state index in [-0.39, 0.29) is 5.69 Å². The van der Waals surface area contributed by atoms with Crippen LogP contribution in [0.25, 0.3) is 11.3 Å². The predicted octanol–water partition coefficient (Wildman–Crippen LogP) is 2.42. The van der Waals surface area contributed by atoms with Gasteiger partial charge in [0.25, 0.3) is 0 Å². The highest BCUT2D eigenvalue weighted by Crippen LogP contribution is 2.20. The van der Waals surface area contributed by atoms with Crippen LogP contribution in [0.2, 0.25) is 0 Å². The number of hydrogen-bond donors (Lipinski definition) is 1. The summed E-state index contributed by atoms with van der Waals surface area (Å²) in [5.74, 6) is -0.0236. The molecule has 2 heterocycles. The predicted molar refractivity (Wildman–Crippen MR) is 64.1 cm³/mol. The fourth-order valence-electron chi connectivity index (χ4n) is 1.50. The average molecular weight is 232 g/mol. The molecule has 88 valence electrons. The number of nitrogens with one attached hydrogen (secondary N) is 1. The standard InChI is InChI=1S/C12H13FN4/c1-3-15-12-16-7-10(13)11(17-12)9-4-8(2)5-14-6-9/h4-7H,3H2,1-2H3,(H,15,16,17). The number of aryl methyl sites for hydroxylation is 1. The third-order valence-electron chi connectivity index (χ3n) is 2.23. The Balaban J connectivity index is 2.46. The zero-order valence-electron chi connectivity index (χ0n) is 9.74. The molecule has 0 unspecified atom stereocenters. The number of rotatable bonds is 3. The fourth-order valence-corrected chi connectivity index (χ4v) is 1.50. The Hall–Kier alpha value is -2.04. The molecule has 0 bridgehead atoms. The lowest BCUT2D eigenvalue weighted by Crippen LogP contribution is -2.04. The van der Waals surface area contributed by atoms with Gasteiger partial charge in [-0.15, -0.1) is 0 Å². The van der Waals surface area contributed by atoms with Crippen LogP contribution in [0, 0.1) is 12.7 Å². The number of pyridine rings is 1. The molecule has 0 aliphatic carbocycles. The Morgan fingerprint density at radius 3 is 2.82 bits per heavy atom. The quantitative estimate of drug-likeness (QED) is 0.883. The van der Waals surface area contributed by atoms with E-state index in [1.165, 1.54) is 6.20 Å². The van der Waals surface area contributed by atoms with Crippen molar-refractivity contribution in [3.8, 4) is 11.3 Å². The molecule has 2 rings (SSSR count). The highest BCUT2D eigenvalue weighted by Gasteiger charge is 2.09. The summed E-state index contributed by atoms with van der Waals surface area (Å²) in [6.45, 7) is 4.53. The lowest BCUT2D eigenvalue weighted by molar-refractivity contribution is 0.618. The maximum Gasteiger partial charge on any atom is 0.223 e. The van der Waals surface area contributed by atoms with Crippen LogP contribution in [0.15, 0.2) is 24.7 Å². The third kappa shape index (κ3) is 2.55. The van der Waals surface area contributed by atoms with Crippen molar-refractivity contribution in [2.24, 2.45) is 0 Å². The zero-order chi connectivity index (χ0) is 12.3. The van der Waals surface area contributed by atoms with Crippen LogP contribution in [-0.2, 0) is 0 Å². The van der Waals surface area contributed by atoms with Gasteiger partial charge in [0.1, 0.15) is 5.69 Å². The molecule has 0 saturated carbocycles. The van der Waals surface area contributed by atoms with Crippen molar-refractivity contribution in [3.05, 3.63) is 36.0 Å². The molecule has 0 radical (unpaired) electrons. The highest BCUT2D eigenvalue weighted by atomic mass is 19.1. The van der Waals surface area contributed by atoms with Gasteiger partial charge in [-0.3, -0.25) is 4.98 Å². The number of anilines is 1. The number of hydrogen-bond acceptors (Lipinski definition) is 4. The second-order valence-corrected chi connectivity index (χ2v) is 3.67. The summed E-state index contributed by atoms with van der Waals surface area (Å²) in [4.78, 5) is 12.0. The first-order chi connectivity index (χ1) is 8.20. The Labute approximate surface area is 99.0 Å². The van der Waals surface area contributed by atoms with Crippen LogP contribution in [0.3, 0.4) is 0 Å². The van der Waals surface area contributed by atoms with Gasteiger partial charge < -0.3 is 5.32 Å². The van der Waals surface area contributed by atoms with Gasteiger partial charge in [0, 0.05) is 24.5 Å². The molecule has 2 aromatic heterocycles. The summed E-state index contributed by atoms with van der Waals surface area (Å²) in [5.41, 5.74) is 1.89. The molecule has 0 aliphatic rings. The van der Waals surface area contributed by atoms with Gasteiger partial charge in [-0.05, 0) is 25.5 Å². The van der Waals surface area contributed by atoms with Gasteiger partial charge in [0.15, 0.2) is 5.82 Å². The lowest BCUT2D eigenvalue weighted by Gasteiger charge is -2.06. The van der Waals surface area contributed by atoms with Crippen molar-refractivity contribution in [3.63, 3.8) is 0 Å². The normalized spacial score (nSPS) is 10.3. The summed E-state index contributed by atoms with van der Waals surface area (Å²) >= 11 is 0. The van der Waals surface area contributed by atoms with E-state index in [1.54, 1.807) is 12.4 Å². The van der Waals surface area contributed by atoms with Crippen LogP contribution in [0.5, 0.6) is 0 Å². The molecule has 0 amide bonds. The molecule has 0 saturated heterocycles. The van der Waals surface area contributed by atoms with E-state index in [1.807, 2.05) is 19.9 Å². The molecule has 1 N–H and O–H groups in total. The molecule has 0 atom stereocenters. The minimum atomic E-state index is -0.445. The van der Waals surface area contributed by atoms with Crippen molar-refractivity contribution in [2.75, 3.05) is 11.9 Å². The lowest BCUT2D eigenvalue weighted by atomic mass is 10.1. The fraction of sp³-hybridized carbons (Fsp3) is 0.250. The van der Waals surface area contributed by atoms with Crippen LogP contribution in [0.4, 0.5) is 10.3 Å². The van der Waals surface area contributed by atoms with E-state index in [0.29, 0.717) is 18.1 Å². The number of aromatic nitrogens is 3. The van der Waals surface area contributed by atoms with Gasteiger partial charge in [-0.1, -0.05) is 0 Å². The van der Waals surface area contributed by atoms with Gasteiger partial charge in [-0.2, -0.15) is 0 Å². The smallest absolute Gasteiger partial charge is 0.223 e. The summed E-state index contributed by atoms with van der Waals surface area (Å²) < 4.78 is 13.6. The molecule has 2 aromatic rings. The third-order valence-corrected chi connectivity index (χ3v) is 2.23. The van der Waals surface area contributed by atoms with Crippen LogP contribution in [0.1, 0.15) is 12.5 Å². The molecule has 0 aromatic carbocycles. The SMILES string of the molecule is CCNc1ncc(F)c(-c2cncc(C)c2)n1. The van der Waals surface area contributed by atoms with E-state index in [9.17, 15) is 4.39 Å². The van der Waals surface area contributed by atoms with Crippen molar-refractivity contribution in [1.29, 1.82) is 0 Å². The van der Waals surface area contributed by atoms with Crippen LogP contribution >= 0.6 is 0 Å². The summed E-state index contributed by atoms with van der Waals surface area (Å²) in [7, 11) is 0. The Morgan fingerprint density at radius 1 is 1.29 bits per heavy atom. The largest absolute Gasteiger partial charge is 0.354 e. The van der Waals surface area contributed by atoms with Gasteiger partial charge in [-0.25, -0.2) is 14.4 Å². The summed E-state index contributed by atoms with van der Waals surface area (Å²) in [6.07, 6.45) is 4.48. The monoisotopic (exact) mass is 232 g/mol. The van der Waals surface area contributed by atoms with E-state index in [0.717, 1.165) is 5.56 Å². The summed E-state index contributed by atoms with van der Waals surface area (Å²) in [5, 5.41) is 2.95. The summed E-state index contributed by atoms with van der Waals surface area (Å²) in [6, 6.07) is 1.84. The van der Waals surface area contributed by atoms with Gasteiger partial charge in [0.05, 0.1) is 6.20 Å². The molecule has 0 fully saturated rings. The molecule has 0 aliphatic heterocycles. The van der Waals surface area contributed by atoms with Gasteiger partial charge >= 0.3 is 0 Å². The first-order valence-electron chi connectivity index (χ1n) is 5.39. The second-order valence-electron chi connectivity index (χ2n) is 3.67. The molecule has 5 heteroatoms. The number of nitrogens with zero attached hydrogens (tertiary/aromatic N) is 3. The number of halogens is 1. The first kappa shape index (κ1) is 11.4. The molecule has 17 heavy (non-hydrogen) atoms. The highest BCUT2D eigenvalue weighted by molar-refractivity contribution is 5.60. The molecular weight excluding hydrogens is 219 g/mol. The van der Waals surface area contributed by atoms with Crippen molar-refractivity contribution in [1.82, 2.24) is 15.0 Å². The Morgan fingerprint density at radius 2 is 2.12 bits per heavy atom. The minimum absolute atomic E-state index is 0.271. The van der Waals surface area contributed by atoms with E-state index in [4.69, 9.17) is 0 Å². The minimum Gasteiger partial charge on any atom is -0.354 e. The van der Waals surface area contributed by atoms with E-state index < -0.39 is 5.82 Å². The van der Waals surface area contributed by atoms with E-state index in [2.05, 4.69) is 20.3 Å². The molecule has 0 spiro atoms.